The summed E-state index contributed by atoms with van der Waals surface area (Å²) in [4.78, 5) is 33.5. The number of hydrogen-bond acceptors (Lipinski definition) is 4. The summed E-state index contributed by atoms with van der Waals surface area (Å²) in [5.41, 5.74) is 0.650. The third-order valence-corrected chi connectivity index (χ3v) is 3.77. The number of nitrogens with one attached hydrogen (secondary N) is 3. The molecular formula is C16H25IN6O2. The van der Waals surface area contributed by atoms with Gasteiger partial charge < -0.3 is 20.9 Å². The summed E-state index contributed by atoms with van der Waals surface area (Å²) >= 11 is 0. The van der Waals surface area contributed by atoms with E-state index in [9.17, 15) is 9.59 Å². The zero-order valence-electron chi connectivity index (χ0n) is 14.5. The van der Waals surface area contributed by atoms with Crippen LogP contribution in [0.3, 0.4) is 0 Å². The molecule has 1 aromatic heterocycles. The van der Waals surface area contributed by atoms with E-state index in [1.54, 1.807) is 31.6 Å². The Kier molecular flexibility index (Phi) is 9.17. The minimum Gasteiger partial charge on any atom is -0.352 e. The summed E-state index contributed by atoms with van der Waals surface area (Å²) in [6.45, 7) is 3.38. The molecule has 1 unspecified atom stereocenters. The number of pyridine rings is 1. The number of likely N-dealkylation sites (tertiary alicyclic amines) is 1. The molecule has 0 bridgehead atoms. The largest absolute Gasteiger partial charge is 0.352 e. The van der Waals surface area contributed by atoms with Gasteiger partial charge in [-0.05, 0) is 18.6 Å². The van der Waals surface area contributed by atoms with E-state index in [0.29, 0.717) is 24.6 Å². The lowest BCUT2D eigenvalue weighted by atomic mass is 10.3. The first-order valence-corrected chi connectivity index (χ1v) is 8.07. The minimum absolute atomic E-state index is 0. The average molecular weight is 460 g/mol. The molecule has 9 heteroatoms. The van der Waals surface area contributed by atoms with Crippen molar-refractivity contribution in [3.05, 3.63) is 24.5 Å². The van der Waals surface area contributed by atoms with Gasteiger partial charge in [-0.1, -0.05) is 6.92 Å². The number of carbonyl (C=O) groups is 2. The van der Waals surface area contributed by atoms with Crippen molar-refractivity contribution in [3.63, 3.8) is 0 Å². The fourth-order valence-corrected chi connectivity index (χ4v) is 2.52. The molecular weight excluding hydrogens is 435 g/mol. The van der Waals surface area contributed by atoms with E-state index in [2.05, 4.69) is 25.9 Å². The van der Waals surface area contributed by atoms with Gasteiger partial charge >= 0.3 is 0 Å². The first-order chi connectivity index (χ1) is 11.6. The van der Waals surface area contributed by atoms with Crippen LogP contribution in [0.5, 0.6) is 0 Å². The molecule has 0 saturated carbocycles. The van der Waals surface area contributed by atoms with Gasteiger partial charge in [0.25, 0.3) is 0 Å². The summed E-state index contributed by atoms with van der Waals surface area (Å²) in [5, 5.41) is 8.97. The maximum Gasteiger partial charge on any atom is 0.243 e. The number of rotatable bonds is 5. The highest BCUT2D eigenvalue weighted by atomic mass is 127. The van der Waals surface area contributed by atoms with Crippen molar-refractivity contribution in [2.24, 2.45) is 4.99 Å². The Labute approximate surface area is 164 Å². The predicted octanol–water partition coefficient (Wildman–Crippen LogP) is 0.814. The molecule has 1 aromatic rings. The summed E-state index contributed by atoms with van der Waals surface area (Å²) in [6.07, 6.45) is 4.62. The van der Waals surface area contributed by atoms with Crippen LogP contribution in [0, 0.1) is 0 Å². The molecule has 1 aliphatic heterocycles. The molecule has 0 radical (unpaired) electrons. The topological polar surface area (TPSA) is 98.7 Å². The van der Waals surface area contributed by atoms with Gasteiger partial charge in [-0.25, -0.2) is 0 Å². The van der Waals surface area contributed by atoms with Crippen LogP contribution in [-0.4, -0.2) is 60.4 Å². The van der Waals surface area contributed by atoms with Crippen molar-refractivity contribution >= 4 is 47.4 Å². The van der Waals surface area contributed by atoms with Gasteiger partial charge in [0, 0.05) is 38.8 Å². The maximum atomic E-state index is 11.9. The second-order valence-electron chi connectivity index (χ2n) is 5.54. The van der Waals surface area contributed by atoms with E-state index in [1.807, 2.05) is 11.8 Å². The van der Waals surface area contributed by atoms with Crippen molar-refractivity contribution in [2.45, 2.75) is 25.8 Å². The van der Waals surface area contributed by atoms with E-state index >= 15 is 0 Å². The predicted molar refractivity (Wildman–Crippen MR) is 108 cm³/mol. The molecule has 138 valence electrons. The molecule has 2 rings (SSSR count). The third-order valence-electron chi connectivity index (χ3n) is 3.77. The van der Waals surface area contributed by atoms with Gasteiger partial charge in [-0.3, -0.25) is 19.6 Å². The lowest BCUT2D eigenvalue weighted by Crippen LogP contribution is -2.47. The van der Waals surface area contributed by atoms with E-state index < -0.39 is 0 Å². The SMILES string of the molecule is CCC(=O)N1CCC(NC(=NC)NCC(=O)Nc2cccnc2)C1.I. The molecule has 0 aromatic carbocycles. The zero-order valence-corrected chi connectivity index (χ0v) is 16.8. The van der Waals surface area contributed by atoms with Crippen molar-refractivity contribution < 1.29 is 9.59 Å². The molecule has 25 heavy (non-hydrogen) atoms. The standard InChI is InChI=1S/C16H24N6O2.HI/c1-3-15(24)22-8-6-13(11-22)21-16(17-2)19-10-14(23)20-12-5-4-7-18-9-12;/h4-5,7,9,13H,3,6,8,10-11H2,1-2H3,(H,20,23)(H2,17,19,21);1H. The van der Waals surface area contributed by atoms with Crippen LogP contribution in [0.25, 0.3) is 0 Å². The summed E-state index contributed by atoms with van der Waals surface area (Å²) in [5.74, 6) is 0.533. The molecule has 2 heterocycles. The monoisotopic (exact) mass is 460 g/mol. The van der Waals surface area contributed by atoms with Gasteiger partial charge in [-0.2, -0.15) is 0 Å². The number of nitrogens with zero attached hydrogens (tertiary/aromatic N) is 3. The van der Waals surface area contributed by atoms with E-state index in [0.717, 1.165) is 13.0 Å². The van der Waals surface area contributed by atoms with Crippen LogP contribution in [0.1, 0.15) is 19.8 Å². The number of hydrogen-bond donors (Lipinski definition) is 3. The summed E-state index contributed by atoms with van der Waals surface area (Å²) < 4.78 is 0. The lowest BCUT2D eigenvalue weighted by Gasteiger charge is -2.18. The van der Waals surface area contributed by atoms with Gasteiger partial charge in [0.1, 0.15) is 0 Å². The molecule has 8 nitrogen and oxygen atoms in total. The Morgan fingerprint density at radius 2 is 2.24 bits per heavy atom. The van der Waals surface area contributed by atoms with Crippen LogP contribution in [0.2, 0.25) is 0 Å². The van der Waals surface area contributed by atoms with Gasteiger partial charge in [0.15, 0.2) is 5.96 Å². The molecule has 1 saturated heterocycles. The molecule has 1 aliphatic rings. The number of amides is 2. The highest BCUT2D eigenvalue weighted by Gasteiger charge is 2.25. The smallest absolute Gasteiger partial charge is 0.243 e. The van der Waals surface area contributed by atoms with Crippen molar-refractivity contribution in [1.29, 1.82) is 0 Å². The first-order valence-electron chi connectivity index (χ1n) is 8.07. The number of aliphatic imine (C=N–C) groups is 1. The Morgan fingerprint density at radius 3 is 2.88 bits per heavy atom. The van der Waals surface area contributed by atoms with Crippen LogP contribution in [0.4, 0.5) is 5.69 Å². The second kappa shape index (κ2) is 10.9. The molecule has 1 atom stereocenters. The number of guanidine groups is 1. The van der Waals surface area contributed by atoms with Crippen LogP contribution in [0.15, 0.2) is 29.5 Å². The van der Waals surface area contributed by atoms with Crippen molar-refractivity contribution in [1.82, 2.24) is 20.5 Å². The Balaban J connectivity index is 0.00000312. The second-order valence-corrected chi connectivity index (χ2v) is 5.54. The number of carbonyl (C=O) groups excluding carboxylic acids is 2. The fourth-order valence-electron chi connectivity index (χ4n) is 2.52. The number of aromatic nitrogens is 1. The quantitative estimate of drug-likeness (QED) is 0.343. The van der Waals surface area contributed by atoms with Gasteiger partial charge in [-0.15, -0.1) is 24.0 Å². The Morgan fingerprint density at radius 1 is 1.44 bits per heavy atom. The van der Waals surface area contributed by atoms with E-state index in [4.69, 9.17) is 0 Å². The van der Waals surface area contributed by atoms with Crippen LogP contribution >= 0.6 is 24.0 Å². The highest BCUT2D eigenvalue weighted by molar-refractivity contribution is 14.0. The normalized spacial score (nSPS) is 16.8. The molecule has 2 amide bonds. The number of halogens is 1. The van der Waals surface area contributed by atoms with Crippen molar-refractivity contribution in [2.75, 3.05) is 32.0 Å². The van der Waals surface area contributed by atoms with Gasteiger partial charge in [0.2, 0.25) is 11.8 Å². The molecule has 3 N–H and O–H groups in total. The molecule has 1 fully saturated rings. The summed E-state index contributed by atoms with van der Waals surface area (Å²) in [6, 6.07) is 3.68. The molecule has 0 aliphatic carbocycles. The van der Waals surface area contributed by atoms with Crippen molar-refractivity contribution in [3.8, 4) is 0 Å². The van der Waals surface area contributed by atoms with E-state index in [-0.39, 0.29) is 48.4 Å². The maximum absolute atomic E-state index is 11.9. The average Bonchev–Trinajstić information content (AvgIpc) is 3.07. The Hall–Kier alpha value is -1.91. The van der Waals surface area contributed by atoms with Crippen LogP contribution in [-0.2, 0) is 9.59 Å². The Bertz CT molecular complexity index is 596. The lowest BCUT2D eigenvalue weighted by molar-refractivity contribution is -0.129. The fraction of sp³-hybridized carbons (Fsp3) is 0.500. The first kappa shape index (κ1) is 21.1. The highest BCUT2D eigenvalue weighted by Crippen LogP contribution is 2.10. The van der Waals surface area contributed by atoms with E-state index in [1.165, 1.54) is 0 Å². The van der Waals surface area contributed by atoms with Gasteiger partial charge in [0.05, 0.1) is 18.4 Å². The van der Waals surface area contributed by atoms with Crippen LogP contribution < -0.4 is 16.0 Å². The molecule has 0 spiro atoms. The minimum atomic E-state index is -0.180. The summed E-state index contributed by atoms with van der Waals surface area (Å²) in [7, 11) is 1.65. The zero-order chi connectivity index (χ0) is 17.4. The number of anilines is 1. The third kappa shape index (κ3) is 6.85.